The molecule has 2 N–H and O–H groups in total. The molecule has 3 aliphatic rings. The van der Waals surface area contributed by atoms with Crippen LogP contribution in [-0.4, -0.2) is 53.5 Å². The van der Waals surface area contributed by atoms with Crippen molar-refractivity contribution in [2.75, 3.05) is 24.5 Å². The molecule has 8 nitrogen and oxygen atoms in total. The van der Waals surface area contributed by atoms with Crippen molar-refractivity contribution in [1.29, 1.82) is 0 Å². The quantitative estimate of drug-likeness (QED) is 0.176. The van der Waals surface area contributed by atoms with Gasteiger partial charge in [0.05, 0.1) is 15.8 Å². The van der Waals surface area contributed by atoms with Crippen LogP contribution in [0.1, 0.15) is 84.1 Å². The van der Waals surface area contributed by atoms with E-state index in [2.05, 4.69) is 16.3 Å². The minimum Gasteiger partial charge on any atom is -0.460 e. The van der Waals surface area contributed by atoms with E-state index in [1.807, 2.05) is 69.3 Å². The molecule has 4 heterocycles. The van der Waals surface area contributed by atoms with E-state index in [4.69, 9.17) is 14.5 Å². The summed E-state index contributed by atoms with van der Waals surface area (Å²) in [5.74, 6) is 0.167. The zero-order valence-electron chi connectivity index (χ0n) is 26.5. The van der Waals surface area contributed by atoms with E-state index in [0.717, 1.165) is 65.7 Å². The molecule has 4 aromatic rings. The number of aryl methyl sites for hydroxylation is 1. The Morgan fingerprint density at radius 3 is 2.63 bits per heavy atom. The maximum Gasteiger partial charge on any atom is 0.306 e. The summed E-state index contributed by atoms with van der Waals surface area (Å²) in [4.78, 5) is 33.4. The van der Waals surface area contributed by atoms with Crippen LogP contribution in [0.3, 0.4) is 0 Å². The van der Waals surface area contributed by atoms with E-state index in [0.29, 0.717) is 40.4 Å². The van der Waals surface area contributed by atoms with Gasteiger partial charge in [-0.05, 0) is 88.3 Å². The molecular formula is C37H39N3O5S. The second kappa shape index (κ2) is 12.2. The van der Waals surface area contributed by atoms with Gasteiger partial charge in [-0.2, -0.15) is 0 Å². The number of nitrogens with one attached hydrogen (secondary N) is 1. The van der Waals surface area contributed by atoms with Crippen LogP contribution in [0.5, 0.6) is 5.75 Å². The lowest BCUT2D eigenvalue weighted by atomic mass is 9.82. The number of fused-ring (bicyclic) bond motifs is 3. The van der Waals surface area contributed by atoms with Gasteiger partial charge in [-0.15, -0.1) is 11.3 Å². The molecule has 9 heteroatoms. The van der Waals surface area contributed by atoms with Gasteiger partial charge in [-0.25, -0.2) is 4.98 Å². The fourth-order valence-corrected chi connectivity index (χ4v) is 7.93. The van der Waals surface area contributed by atoms with Gasteiger partial charge in [0.15, 0.2) is 0 Å². The van der Waals surface area contributed by atoms with Crippen molar-refractivity contribution in [3.63, 3.8) is 0 Å². The standard InChI is InChI=1S/C37H39N3O5S/c1-37(2,3)45-29(41)17-8-18-38-34(42)24-13-5-4-12-23(24)30-26-21-22-11-9-19-40-20-10-14-25(32(22)40)33(26)44-36(43)31(30)35-39-27-15-6-7-16-28(27)46-35/h4-7,12-13,15-16,21,36,43H,8-11,14,17-20H2,1-3H3,(H,38,42). The number of ether oxygens (including phenoxy) is 2. The number of anilines is 1. The van der Waals surface area contributed by atoms with E-state index in [9.17, 15) is 14.7 Å². The average Bonchev–Trinajstić information content (AvgIpc) is 3.46. The van der Waals surface area contributed by atoms with Crippen LogP contribution in [0.25, 0.3) is 21.4 Å². The van der Waals surface area contributed by atoms with Crippen molar-refractivity contribution in [3.8, 4) is 5.75 Å². The molecule has 1 atom stereocenters. The molecule has 0 saturated carbocycles. The van der Waals surface area contributed by atoms with E-state index < -0.39 is 11.9 Å². The lowest BCUT2D eigenvalue weighted by Gasteiger charge is -2.40. The minimum atomic E-state index is -1.26. The molecule has 238 valence electrons. The second-order valence-electron chi connectivity index (χ2n) is 13.2. The number of nitrogens with zero attached hydrogens (tertiary/aromatic N) is 2. The monoisotopic (exact) mass is 637 g/mol. The summed E-state index contributed by atoms with van der Waals surface area (Å²) in [5.41, 5.74) is 7.40. The molecule has 3 aliphatic heterocycles. The van der Waals surface area contributed by atoms with Gasteiger partial charge < -0.3 is 24.8 Å². The first-order chi connectivity index (χ1) is 22.2. The molecule has 0 fully saturated rings. The highest BCUT2D eigenvalue weighted by molar-refractivity contribution is 7.19. The lowest BCUT2D eigenvalue weighted by molar-refractivity contribution is -0.154. The first-order valence-electron chi connectivity index (χ1n) is 16.2. The van der Waals surface area contributed by atoms with Crippen LogP contribution in [0.4, 0.5) is 5.69 Å². The van der Waals surface area contributed by atoms with Crippen molar-refractivity contribution in [2.24, 2.45) is 0 Å². The van der Waals surface area contributed by atoms with Crippen LogP contribution in [-0.2, 0) is 22.4 Å². The molecule has 1 aromatic heterocycles. The SMILES string of the molecule is CC(C)(C)OC(=O)CCCNC(=O)c1ccccc1C1=C(c2nc3ccccc3s2)C(O)Oc2c1cc1c3c2CCCN3CCC1. The number of amides is 1. The number of benzene rings is 3. The Hall–Kier alpha value is -4.21. The van der Waals surface area contributed by atoms with E-state index >= 15 is 0 Å². The van der Waals surface area contributed by atoms with Gasteiger partial charge >= 0.3 is 5.97 Å². The van der Waals surface area contributed by atoms with Crippen LogP contribution in [0.15, 0.2) is 54.6 Å². The summed E-state index contributed by atoms with van der Waals surface area (Å²) < 4.78 is 12.9. The normalized spacial score (nSPS) is 17.3. The van der Waals surface area contributed by atoms with E-state index in [1.165, 1.54) is 22.6 Å². The number of carbonyl (C=O) groups is 2. The number of para-hydroxylation sites is 1. The van der Waals surface area contributed by atoms with Crippen molar-refractivity contribution >= 4 is 50.3 Å². The Morgan fingerprint density at radius 1 is 1.07 bits per heavy atom. The van der Waals surface area contributed by atoms with Crippen molar-refractivity contribution in [3.05, 3.63) is 87.4 Å². The summed E-state index contributed by atoms with van der Waals surface area (Å²) in [6, 6.07) is 17.7. The Labute approximate surface area is 273 Å². The summed E-state index contributed by atoms with van der Waals surface area (Å²) in [5, 5.41) is 15.5. The highest BCUT2D eigenvalue weighted by atomic mass is 32.1. The number of hydrogen-bond acceptors (Lipinski definition) is 8. The lowest BCUT2D eigenvalue weighted by Crippen LogP contribution is -2.36. The van der Waals surface area contributed by atoms with Crippen LogP contribution >= 0.6 is 11.3 Å². The Kier molecular flexibility index (Phi) is 8.07. The predicted molar refractivity (Wildman–Crippen MR) is 181 cm³/mol. The molecule has 1 unspecified atom stereocenters. The zero-order valence-corrected chi connectivity index (χ0v) is 27.3. The number of rotatable bonds is 7. The van der Waals surface area contributed by atoms with E-state index in [-0.39, 0.29) is 18.3 Å². The second-order valence-corrected chi connectivity index (χ2v) is 14.2. The molecule has 46 heavy (non-hydrogen) atoms. The van der Waals surface area contributed by atoms with Gasteiger partial charge in [0.2, 0.25) is 6.29 Å². The fraction of sp³-hybridized carbons (Fsp3) is 0.378. The molecular weight excluding hydrogens is 598 g/mol. The first kappa shape index (κ1) is 30.4. The van der Waals surface area contributed by atoms with E-state index in [1.54, 1.807) is 0 Å². The van der Waals surface area contributed by atoms with Crippen LogP contribution < -0.4 is 15.0 Å². The number of thiazole rings is 1. The van der Waals surface area contributed by atoms with Gasteiger partial charge in [-0.1, -0.05) is 30.3 Å². The predicted octanol–water partition coefficient (Wildman–Crippen LogP) is 6.52. The highest BCUT2D eigenvalue weighted by Crippen LogP contribution is 2.51. The molecule has 0 radical (unpaired) electrons. The van der Waals surface area contributed by atoms with Gasteiger partial charge in [0.1, 0.15) is 16.4 Å². The smallest absolute Gasteiger partial charge is 0.306 e. The molecule has 3 aromatic carbocycles. The van der Waals surface area contributed by atoms with Crippen LogP contribution in [0, 0.1) is 0 Å². The summed E-state index contributed by atoms with van der Waals surface area (Å²) in [6.45, 7) is 7.90. The third-order valence-corrected chi connectivity index (χ3v) is 9.79. The molecule has 0 aliphatic carbocycles. The molecule has 0 saturated heterocycles. The number of aliphatic hydroxyl groups is 1. The Balaban J connectivity index is 1.32. The van der Waals surface area contributed by atoms with Crippen molar-refractivity contribution in [1.82, 2.24) is 10.3 Å². The maximum atomic E-state index is 13.8. The first-order valence-corrected chi connectivity index (χ1v) is 17.0. The third kappa shape index (κ3) is 5.78. The zero-order chi connectivity index (χ0) is 32.0. The molecule has 0 spiro atoms. The van der Waals surface area contributed by atoms with Crippen LogP contribution in [0.2, 0.25) is 0 Å². The summed E-state index contributed by atoms with van der Waals surface area (Å²) in [7, 11) is 0. The van der Waals surface area contributed by atoms with Gasteiger partial charge in [0.25, 0.3) is 5.91 Å². The summed E-state index contributed by atoms with van der Waals surface area (Å²) in [6.07, 6.45) is 3.37. The largest absolute Gasteiger partial charge is 0.460 e. The average molecular weight is 638 g/mol. The molecule has 0 bridgehead atoms. The molecule has 7 rings (SSSR count). The van der Waals surface area contributed by atoms with Crippen molar-refractivity contribution in [2.45, 2.75) is 71.2 Å². The number of carbonyl (C=O) groups excluding carboxylic acids is 2. The highest BCUT2D eigenvalue weighted by Gasteiger charge is 2.38. The molecule has 1 amide bonds. The maximum absolute atomic E-state index is 13.8. The number of esters is 1. The summed E-state index contributed by atoms with van der Waals surface area (Å²) >= 11 is 1.51. The Bertz CT molecular complexity index is 1840. The van der Waals surface area contributed by atoms with Crippen molar-refractivity contribution < 1.29 is 24.2 Å². The van der Waals surface area contributed by atoms with Gasteiger partial charge in [0, 0.05) is 54.0 Å². The number of aromatic nitrogens is 1. The van der Waals surface area contributed by atoms with Gasteiger partial charge in [-0.3, -0.25) is 9.59 Å². The number of aliphatic hydroxyl groups excluding tert-OH is 1. The minimum absolute atomic E-state index is 0.216. The third-order valence-electron chi connectivity index (χ3n) is 8.72. The topological polar surface area (TPSA) is 101 Å². The fourth-order valence-electron chi connectivity index (χ4n) is 6.90. The number of hydrogen-bond donors (Lipinski definition) is 2. The Morgan fingerprint density at radius 2 is 1.83 bits per heavy atom.